The molecule has 0 saturated carbocycles. The number of benzene rings is 3. The number of aliphatic hydroxyl groups excluding tert-OH is 1. The third-order valence-corrected chi connectivity index (χ3v) is 4.62. The number of carbonyl (C=O) groups excluding carboxylic acids is 2. The van der Waals surface area contributed by atoms with Crippen LogP contribution in [0.25, 0.3) is 10.8 Å². The fourth-order valence-electron chi connectivity index (χ4n) is 3.00. The standard InChI is InChI=1S/C24H26N2O4/c1-17-5-4-8-22(13-17)30-16-21(27)15-26-23(28)11-12-25-24(29)20-10-9-18-6-2-3-7-19(18)14-20/h2-10,13-14,21,27H,11-12,15-16H2,1H3,(H,25,29)(H,26,28). The van der Waals surface area contributed by atoms with Crippen LogP contribution in [-0.2, 0) is 4.79 Å². The average Bonchev–Trinajstić information content (AvgIpc) is 2.76. The molecule has 156 valence electrons. The number of nitrogens with one attached hydrogen (secondary N) is 2. The van der Waals surface area contributed by atoms with Crippen LogP contribution in [0.3, 0.4) is 0 Å². The van der Waals surface area contributed by atoms with Crippen molar-refractivity contribution in [3.63, 3.8) is 0 Å². The second-order valence-electron chi connectivity index (χ2n) is 7.15. The van der Waals surface area contributed by atoms with E-state index >= 15 is 0 Å². The van der Waals surface area contributed by atoms with Gasteiger partial charge in [-0.05, 0) is 47.5 Å². The van der Waals surface area contributed by atoms with Crippen molar-refractivity contribution in [2.75, 3.05) is 19.7 Å². The number of hydrogen-bond donors (Lipinski definition) is 3. The Hall–Kier alpha value is -3.38. The van der Waals surface area contributed by atoms with Gasteiger partial charge in [0, 0.05) is 25.1 Å². The van der Waals surface area contributed by atoms with Crippen molar-refractivity contribution in [2.45, 2.75) is 19.4 Å². The van der Waals surface area contributed by atoms with Gasteiger partial charge in [0.15, 0.2) is 0 Å². The highest BCUT2D eigenvalue weighted by Gasteiger charge is 2.10. The zero-order valence-corrected chi connectivity index (χ0v) is 16.9. The van der Waals surface area contributed by atoms with E-state index in [0.717, 1.165) is 16.3 Å². The van der Waals surface area contributed by atoms with E-state index in [0.29, 0.717) is 11.3 Å². The Morgan fingerprint density at radius 1 is 0.967 bits per heavy atom. The van der Waals surface area contributed by atoms with Crippen LogP contribution in [-0.4, -0.2) is 42.7 Å². The lowest BCUT2D eigenvalue weighted by Crippen LogP contribution is -2.37. The van der Waals surface area contributed by atoms with Gasteiger partial charge in [0.25, 0.3) is 5.91 Å². The van der Waals surface area contributed by atoms with E-state index in [1.54, 1.807) is 6.07 Å². The Morgan fingerprint density at radius 3 is 2.57 bits per heavy atom. The SMILES string of the molecule is Cc1cccc(OCC(O)CNC(=O)CCNC(=O)c2ccc3ccccc3c2)c1. The van der Waals surface area contributed by atoms with Crippen LogP contribution in [0.2, 0.25) is 0 Å². The molecule has 0 bridgehead atoms. The van der Waals surface area contributed by atoms with E-state index in [9.17, 15) is 14.7 Å². The van der Waals surface area contributed by atoms with Crippen molar-refractivity contribution >= 4 is 22.6 Å². The molecule has 3 aromatic carbocycles. The largest absolute Gasteiger partial charge is 0.491 e. The highest BCUT2D eigenvalue weighted by molar-refractivity contribution is 5.98. The highest BCUT2D eigenvalue weighted by atomic mass is 16.5. The molecule has 0 aliphatic rings. The minimum absolute atomic E-state index is 0.0857. The van der Waals surface area contributed by atoms with E-state index in [1.807, 2.05) is 67.6 Å². The smallest absolute Gasteiger partial charge is 0.251 e. The quantitative estimate of drug-likeness (QED) is 0.510. The van der Waals surface area contributed by atoms with Gasteiger partial charge in [-0.15, -0.1) is 0 Å². The summed E-state index contributed by atoms with van der Waals surface area (Å²) >= 11 is 0. The zero-order chi connectivity index (χ0) is 21.3. The maximum Gasteiger partial charge on any atom is 0.251 e. The number of fused-ring (bicyclic) bond motifs is 1. The molecule has 0 heterocycles. The second-order valence-corrected chi connectivity index (χ2v) is 7.15. The molecule has 0 fully saturated rings. The van der Waals surface area contributed by atoms with Crippen molar-refractivity contribution in [1.29, 1.82) is 0 Å². The molecule has 6 heteroatoms. The van der Waals surface area contributed by atoms with Crippen LogP contribution in [0.5, 0.6) is 5.75 Å². The predicted molar refractivity (Wildman–Crippen MR) is 117 cm³/mol. The van der Waals surface area contributed by atoms with E-state index in [4.69, 9.17) is 4.74 Å². The Labute approximate surface area is 175 Å². The minimum atomic E-state index is -0.818. The van der Waals surface area contributed by atoms with E-state index < -0.39 is 6.10 Å². The van der Waals surface area contributed by atoms with Gasteiger partial charge >= 0.3 is 0 Å². The van der Waals surface area contributed by atoms with Gasteiger partial charge < -0.3 is 20.5 Å². The maximum absolute atomic E-state index is 12.3. The molecule has 6 nitrogen and oxygen atoms in total. The molecule has 30 heavy (non-hydrogen) atoms. The monoisotopic (exact) mass is 406 g/mol. The topological polar surface area (TPSA) is 87.7 Å². The minimum Gasteiger partial charge on any atom is -0.491 e. The zero-order valence-electron chi connectivity index (χ0n) is 16.9. The number of hydrogen-bond acceptors (Lipinski definition) is 4. The summed E-state index contributed by atoms with van der Waals surface area (Å²) in [4.78, 5) is 24.2. The molecule has 0 aromatic heterocycles. The summed E-state index contributed by atoms with van der Waals surface area (Å²) in [5.74, 6) is 0.209. The van der Waals surface area contributed by atoms with Gasteiger partial charge in [0.05, 0.1) is 0 Å². The third-order valence-electron chi connectivity index (χ3n) is 4.62. The van der Waals surface area contributed by atoms with Gasteiger partial charge in [-0.3, -0.25) is 9.59 Å². The number of amides is 2. The molecule has 3 rings (SSSR count). The summed E-state index contributed by atoms with van der Waals surface area (Å²) in [5.41, 5.74) is 1.62. The first-order valence-electron chi connectivity index (χ1n) is 9.92. The molecular weight excluding hydrogens is 380 g/mol. The lowest BCUT2D eigenvalue weighted by Gasteiger charge is -2.14. The molecule has 0 spiro atoms. The van der Waals surface area contributed by atoms with E-state index in [1.165, 1.54) is 0 Å². The Bertz CT molecular complexity index is 1020. The number of aliphatic hydroxyl groups is 1. The van der Waals surface area contributed by atoms with Crippen molar-refractivity contribution in [3.8, 4) is 5.75 Å². The average molecular weight is 406 g/mol. The van der Waals surface area contributed by atoms with Crippen molar-refractivity contribution < 1.29 is 19.4 Å². The van der Waals surface area contributed by atoms with Crippen LogP contribution in [0.15, 0.2) is 66.7 Å². The lowest BCUT2D eigenvalue weighted by molar-refractivity contribution is -0.121. The second kappa shape index (κ2) is 10.4. The highest BCUT2D eigenvalue weighted by Crippen LogP contribution is 2.15. The van der Waals surface area contributed by atoms with Crippen LogP contribution in [0, 0.1) is 6.92 Å². The van der Waals surface area contributed by atoms with Gasteiger partial charge in [-0.2, -0.15) is 0 Å². The summed E-state index contributed by atoms with van der Waals surface area (Å²) in [6.45, 7) is 2.35. The number of aryl methyl sites for hydroxylation is 1. The molecule has 2 amide bonds. The van der Waals surface area contributed by atoms with Crippen LogP contribution in [0.4, 0.5) is 0 Å². The molecule has 3 N–H and O–H groups in total. The fourth-order valence-corrected chi connectivity index (χ4v) is 3.00. The molecular formula is C24H26N2O4. The molecule has 1 atom stereocenters. The maximum atomic E-state index is 12.3. The molecule has 0 aliphatic heterocycles. The molecule has 3 aromatic rings. The Kier molecular flexibility index (Phi) is 7.40. The first-order valence-corrected chi connectivity index (χ1v) is 9.92. The van der Waals surface area contributed by atoms with E-state index in [-0.39, 0.29) is 37.9 Å². The van der Waals surface area contributed by atoms with Crippen molar-refractivity contribution in [1.82, 2.24) is 10.6 Å². The van der Waals surface area contributed by atoms with Crippen molar-refractivity contribution in [2.24, 2.45) is 0 Å². The van der Waals surface area contributed by atoms with E-state index in [2.05, 4.69) is 10.6 Å². The van der Waals surface area contributed by atoms with Gasteiger partial charge in [0.2, 0.25) is 5.91 Å². The lowest BCUT2D eigenvalue weighted by atomic mass is 10.1. The first-order chi connectivity index (χ1) is 14.5. The summed E-state index contributed by atoms with van der Waals surface area (Å²) in [5, 5.41) is 17.4. The normalized spacial score (nSPS) is 11.7. The Balaban J connectivity index is 1.35. The predicted octanol–water partition coefficient (Wildman–Crippen LogP) is 2.82. The molecule has 1 unspecified atom stereocenters. The Morgan fingerprint density at radius 2 is 1.77 bits per heavy atom. The van der Waals surface area contributed by atoms with Crippen LogP contribution >= 0.6 is 0 Å². The number of ether oxygens (including phenoxy) is 1. The molecule has 0 aliphatic carbocycles. The summed E-state index contributed by atoms with van der Waals surface area (Å²) in [6, 6.07) is 20.8. The summed E-state index contributed by atoms with van der Waals surface area (Å²) in [7, 11) is 0. The summed E-state index contributed by atoms with van der Waals surface area (Å²) in [6.07, 6.45) is -0.688. The van der Waals surface area contributed by atoms with Gasteiger partial charge in [-0.25, -0.2) is 0 Å². The summed E-state index contributed by atoms with van der Waals surface area (Å²) < 4.78 is 5.51. The number of carbonyl (C=O) groups is 2. The van der Waals surface area contributed by atoms with Gasteiger partial charge in [-0.1, -0.05) is 42.5 Å². The van der Waals surface area contributed by atoms with Crippen LogP contribution < -0.4 is 15.4 Å². The van der Waals surface area contributed by atoms with Gasteiger partial charge in [0.1, 0.15) is 18.5 Å². The first kappa shape index (κ1) is 21.3. The number of rotatable bonds is 9. The van der Waals surface area contributed by atoms with Crippen LogP contribution in [0.1, 0.15) is 22.3 Å². The van der Waals surface area contributed by atoms with Crippen molar-refractivity contribution in [3.05, 3.63) is 77.9 Å². The molecule has 0 radical (unpaired) electrons. The molecule has 0 saturated heterocycles. The fraction of sp³-hybridized carbons (Fsp3) is 0.250. The third kappa shape index (κ3) is 6.32.